The molecule has 0 heterocycles. The Morgan fingerprint density at radius 3 is 2.15 bits per heavy atom. The van der Waals surface area contributed by atoms with Gasteiger partial charge in [0.2, 0.25) is 0 Å². The highest BCUT2D eigenvalue weighted by atomic mass is 19.4. The molecule has 3 rings (SSSR count). The van der Waals surface area contributed by atoms with E-state index in [4.69, 9.17) is 0 Å². The van der Waals surface area contributed by atoms with Crippen molar-refractivity contribution in [2.24, 2.45) is 29.6 Å². The van der Waals surface area contributed by atoms with Crippen molar-refractivity contribution in [2.75, 3.05) is 0 Å². The van der Waals surface area contributed by atoms with Crippen molar-refractivity contribution >= 4 is 0 Å². The van der Waals surface area contributed by atoms with Crippen LogP contribution in [0.5, 0.6) is 0 Å². The van der Waals surface area contributed by atoms with E-state index in [1.165, 1.54) is 25.7 Å². The monoisotopic (exact) mass is 290 g/mol. The highest BCUT2D eigenvalue weighted by molar-refractivity contribution is 4.92. The highest BCUT2D eigenvalue weighted by Gasteiger charge is 2.44. The fraction of sp³-hybridized carbons (Fsp3) is 1.00. The maximum atomic E-state index is 12.6. The van der Waals surface area contributed by atoms with E-state index in [1.54, 1.807) is 0 Å². The third-order valence-corrected chi connectivity index (χ3v) is 6.21. The van der Waals surface area contributed by atoms with Crippen molar-refractivity contribution in [1.29, 1.82) is 0 Å². The van der Waals surface area contributed by atoms with Crippen LogP contribution in [0, 0.1) is 29.6 Å². The quantitative estimate of drug-likeness (QED) is 0.809. The van der Waals surface area contributed by atoms with E-state index >= 15 is 0 Å². The van der Waals surface area contributed by atoms with Gasteiger partial charge in [-0.3, -0.25) is 0 Å². The molecule has 4 atom stereocenters. The Bertz CT molecular complexity index is 333. The molecule has 0 spiro atoms. The molecule has 0 aliphatic heterocycles. The molecule has 3 aliphatic rings. The first-order valence-electron chi connectivity index (χ1n) is 8.18. The zero-order chi connectivity index (χ0) is 14.3. The Hall–Kier alpha value is -0.250. The van der Waals surface area contributed by atoms with Gasteiger partial charge < -0.3 is 5.11 Å². The van der Waals surface area contributed by atoms with Gasteiger partial charge in [-0.15, -0.1) is 0 Å². The smallest absolute Gasteiger partial charge is 0.391 e. The molecule has 1 nitrogen and oxygen atoms in total. The number of aliphatic hydroxyl groups excluding tert-OH is 1. The number of alkyl halides is 3. The number of fused-ring (bicyclic) bond motifs is 2. The van der Waals surface area contributed by atoms with E-state index in [9.17, 15) is 18.3 Å². The summed E-state index contributed by atoms with van der Waals surface area (Å²) in [6.45, 7) is 0. The summed E-state index contributed by atoms with van der Waals surface area (Å²) in [4.78, 5) is 0. The molecule has 0 amide bonds. The summed E-state index contributed by atoms with van der Waals surface area (Å²) < 4.78 is 37.9. The van der Waals surface area contributed by atoms with Crippen LogP contribution >= 0.6 is 0 Å². The molecular formula is C16H25F3O. The van der Waals surface area contributed by atoms with Gasteiger partial charge in [-0.25, -0.2) is 0 Å². The Balaban J connectivity index is 1.46. The summed E-state index contributed by atoms with van der Waals surface area (Å²) in [5.74, 6) is 1.28. The van der Waals surface area contributed by atoms with Gasteiger partial charge in [0, 0.05) is 0 Å². The number of hydrogen-bond acceptors (Lipinski definition) is 1. The van der Waals surface area contributed by atoms with Crippen LogP contribution < -0.4 is 0 Å². The van der Waals surface area contributed by atoms with Gasteiger partial charge in [-0.2, -0.15) is 13.2 Å². The first kappa shape index (κ1) is 14.7. The highest BCUT2D eigenvalue weighted by Crippen LogP contribution is 2.51. The fourth-order valence-electron chi connectivity index (χ4n) is 5.00. The molecule has 0 saturated heterocycles. The predicted octanol–water partition coefficient (Wildman–Crippen LogP) is 4.54. The lowest BCUT2D eigenvalue weighted by molar-refractivity contribution is -0.186. The molecule has 20 heavy (non-hydrogen) atoms. The van der Waals surface area contributed by atoms with Gasteiger partial charge >= 0.3 is 6.18 Å². The number of rotatable bonds is 3. The number of aliphatic hydroxyl groups is 1. The second-order valence-corrected chi connectivity index (χ2v) is 7.39. The Kier molecular flexibility index (Phi) is 4.04. The molecule has 3 fully saturated rings. The van der Waals surface area contributed by atoms with Crippen molar-refractivity contribution in [2.45, 2.75) is 70.1 Å². The lowest BCUT2D eigenvalue weighted by Gasteiger charge is -2.34. The molecule has 3 saturated carbocycles. The van der Waals surface area contributed by atoms with Gasteiger partial charge in [-0.05, 0) is 75.0 Å². The minimum absolute atomic E-state index is 0.104. The summed E-state index contributed by atoms with van der Waals surface area (Å²) in [5, 5.41) is 10.4. The minimum atomic E-state index is -4.04. The van der Waals surface area contributed by atoms with E-state index in [2.05, 4.69) is 0 Å². The molecule has 1 N–H and O–H groups in total. The summed E-state index contributed by atoms with van der Waals surface area (Å²) in [6.07, 6.45) is 3.19. The van der Waals surface area contributed by atoms with Crippen LogP contribution in [-0.2, 0) is 0 Å². The summed E-state index contributed by atoms with van der Waals surface area (Å²) in [7, 11) is 0. The van der Waals surface area contributed by atoms with Gasteiger partial charge in [0.1, 0.15) is 0 Å². The zero-order valence-corrected chi connectivity index (χ0v) is 11.9. The van der Waals surface area contributed by atoms with Crippen LogP contribution in [0.15, 0.2) is 0 Å². The average Bonchev–Trinajstić information content (AvgIpc) is 3.00. The van der Waals surface area contributed by atoms with E-state index in [0.717, 1.165) is 18.3 Å². The second-order valence-electron chi connectivity index (χ2n) is 7.39. The maximum Gasteiger partial charge on any atom is 0.391 e. The molecule has 4 heteroatoms. The van der Waals surface area contributed by atoms with E-state index < -0.39 is 12.1 Å². The Morgan fingerprint density at radius 1 is 0.950 bits per heavy atom. The van der Waals surface area contributed by atoms with Crippen molar-refractivity contribution in [3.63, 3.8) is 0 Å². The average molecular weight is 290 g/mol. The standard InChI is InChI=1S/C16H25F3O/c17-16(18,19)14-5-3-11(4-6-14)15(20)9-13-8-10-1-2-12(13)7-10/h10-15,20H,1-9H2. The van der Waals surface area contributed by atoms with Crippen molar-refractivity contribution < 1.29 is 18.3 Å². The van der Waals surface area contributed by atoms with Crippen molar-refractivity contribution in [3.8, 4) is 0 Å². The summed E-state index contributed by atoms with van der Waals surface area (Å²) in [5.41, 5.74) is 0. The molecule has 0 aromatic heterocycles. The van der Waals surface area contributed by atoms with Crippen LogP contribution in [0.3, 0.4) is 0 Å². The first-order valence-corrected chi connectivity index (χ1v) is 8.18. The van der Waals surface area contributed by atoms with E-state index in [-0.39, 0.29) is 24.9 Å². The van der Waals surface area contributed by atoms with Gasteiger partial charge in [0.15, 0.2) is 0 Å². The molecule has 0 aromatic carbocycles. The van der Waals surface area contributed by atoms with Gasteiger partial charge in [-0.1, -0.05) is 6.42 Å². The van der Waals surface area contributed by atoms with Crippen LogP contribution in [0.4, 0.5) is 13.2 Å². The summed E-state index contributed by atoms with van der Waals surface area (Å²) >= 11 is 0. The first-order chi connectivity index (χ1) is 9.43. The third kappa shape index (κ3) is 3.00. The largest absolute Gasteiger partial charge is 0.393 e. The number of hydrogen-bond donors (Lipinski definition) is 1. The second kappa shape index (κ2) is 5.51. The lowest BCUT2D eigenvalue weighted by Crippen LogP contribution is -2.33. The van der Waals surface area contributed by atoms with E-state index in [1.807, 2.05) is 0 Å². The molecular weight excluding hydrogens is 265 g/mol. The Morgan fingerprint density at radius 2 is 1.65 bits per heavy atom. The number of halogens is 3. The molecule has 116 valence electrons. The van der Waals surface area contributed by atoms with E-state index in [0.29, 0.717) is 18.8 Å². The molecule has 0 radical (unpaired) electrons. The van der Waals surface area contributed by atoms with Crippen LogP contribution in [0.1, 0.15) is 57.8 Å². The SMILES string of the molecule is OC(CC1CC2CCC1C2)C1CCC(C(F)(F)F)CC1. The predicted molar refractivity (Wildman–Crippen MR) is 71.1 cm³/mol. The van der Waals surface area contributed by atoms with Crippen molar-refractivity contribution in [3.05, 3.63) is 0 Å². The normalized spacial score (nSPS) is 42.9. The summed E-state index contributed by atoms with van der Waals surface area (Å²) in [6, 6.07) is 0. The van der Waals surface area contributed by atoms with Gasteiger partial charge in [0.05, 0.1) is 12.0 Å². The lowest BCUT2D eigenvalue weighted by atomic mass is 9.75. The van der Waals surface area contributed by atoms with Gasteiger partial charge in [0.25, 0.3) is 0 Å². The molecule has 3 aliphatic carbocycles. The zero-order valence-electron chi connectivity index (χ0n) is 11.9. The maximum absolute atomic E-state index is 12.6. The molecule has 2 bridgehead atoms. The Labute approximate surface area is 118 Å². The minimum Gasteiger partial charge on any atom is -0.393 e. The fourth-order valence-corrected chi connectivity index (χ4v) is 5.00. The van der Waals surface area contributed by atoms with Crippen molar-refractivity contribution in [1.82, 2.24) is 0 Å². The third-order valence-electron chi connectivity index (χ3n) is 6.21. The van der Waals surface area contributed by atoms with Crippen LogP contribution in [0.2, 0.25) is 0 Å². The molecule has 0 aromatic rings. The molecule has 4 unspecified atom stereocenters. The topological polar surface area (TPSA) is 20.2 Å². The van der Waals surface area contributed by atoms with Crippen LogP contribution in [-0.4, -0.2) is 17.4 Å². The van der Waals surface area contributed by atoms with Crippen LogP contribution in [0.25, 0.3) is 0 Å².